The number of ether oxygens (including phenoxy) is 1. The molecule has 0 radical (unpaired) electrons. The molecule has 0 aliphatic rings. The van der Waals surface area contributed by atoms with E-state index < -0.39 is 8.32 Å². The summed E-state index contributed by atoms with van der Waals surface area (Å²) < 4.78 is 10.8. The van der Waals surface area contributed by atoms with E-state index in [4.69, 9.17) is 4.43 Å². The number of carbonyl (C=O) groups excluding carboxylic acids is 2. The highest BCUT2D eigenvalue weighted by atomic mass is 28.4. The van der Waals surface area contributed by atoms with Gasteiger partial charge >= 0.3 is 5.97 Å². The zero-order valence-corrected chi connectivity index (χ0v) is 13.6. The lowest BCUT2D eigenvalue weighted by Crippen LogP contribution is -2.44. The summed E-state index contributed by atoms with van der Waals surface area (Å²) in [4.78, 5) is 22.6. The predicted molar refractivity (Wildman–Crippen MR) is 74.0 cm³/mol. The van der Waals surface area contributed by atoms with Gasteiger partial charge in [0.2, 0.25) is 0 Å². The van der Waals surface area contributed by atoms with Crippen molar-refractivity contribution >= 4 is 20.1 Å². The van der Waals surface area contributed by atoms with Gasteiger partial charge in [-0.2, -0.15) is 0 Å². The normalized spacial score (nSPS) is 14.2. The molecule has 0 N–H and O–H groups in total. The van der Waals surface area contributed by atoms with E-state index in [9.17, 15) is 9.59 Å². The summed E-state index contributed by atoms with van der Waals surface area (Å²) in [5.74, 6) is -0.303. The van der Waals surface area contributed by atoms with Crippen LogP contribution in [0.25, 0.3) is 0 Å². The molecule has 0 saturated carbocycles. The molecule has 0 heterocycles. The molecular weight excluding hydrogens is 248 g/mol. The zero-order chi connectivity index (χ0) is 14.6. The fourth-order valence-corrected chi connectivity index (χ4v) is 2.69. The SMILES string of the molecule is COC(=O)CC(CC(C)=O)O[Si](C)(C)C(C)(C)C. The van der Waals surface area contributed by atoms with Gasteiger partial charge in [0, 0.05) is 6.42 Å². The molecule has 106 valence electrons. The van der Waals surface area contributed by atoms with Crippen LogP contribution >= 0.6 is 0 Å². The van der Waals surface area contributed by atoms with Gasteiger partial charge in [0.1, 0.15) is 5.78 Å². The van der Waals surface area contributed by atoms with Crippen molar-refractivity contribution in [1.82, 2.24) is 0 Å². The molecule has 0 bridgehead atoms. The first-order valence-electron chi connectivity index (χ1n) is 6.23. The summed E-state index contributed by atoms with van der Waals surface area (Å²) in [6, 6.07) is 0. The molecule has 1 atom stereocenters. The third-order valence-electron chi connectivity index (χ3n) is 3.40. The van der Waals surface area contributed by atoms with Crippen LogP contribution in [0.5, 0.6) is 0 Å². The topological polar surface area (TPSA) is 52.6 Å². The van der Waals surface area contributed by atoms with Crippen molar-refractivity contribution < 1.29 is 18.8 Å². The van der Waals surface area contributed by atoms with Gasteiger partial charge < -0.3 is 9.16 Å². The van der Waals surface area contributed by atoms with Gasteiger partial charge in [-0.05, 0) is 25.1 Å². The number of methoxy groups -OCH3 is 1. The maximum atomic E-state index is 11.3. The summed E-state index contributed by atoms with van der Waals surface area (Å²) in [5.41, 5.74) is 0. The molecule has 0 rings (SSSR count). The minimum atomic E-state index is -1.97. The number of hydrogen-bond donors (Lipinski definition) is 0. The summed E-state index contributed by atoms with van der Waals surface area (Å²) in [7, 11) is -0.628. The largest absolute Gasteiger partial charge is 0.469 e. The Morgan fingerprint density at radius 2 is 1.67 bits per heavy atom. The Bertz CT molecular complexity index is 305. The second kappa shape index (κ2) is 6.47. The highest BCUT2D eigenvalue weighted by Crippen LogP contribution is 2.38. The van der Waals surface area contributed by atoms with E-state index in [0.29, 0.717) is 0 Å². The van der Waals surface area contributed by atoms with Gasteiger partial charge in [-0.1, -0.05) is 20.8 Å². The Balaban J connectivity index is 4.78. The second-order valence-corrected chi connectivity index (χ2v) is 10.9. The van der Waals surface area contributed by atoms with Crippen molar-refractivity contribution in [2.75, 3.05) is 7.11 Å². The van der Waals surface area contributed by atoms with Crippen LogP contribution in [0.4, 0.5) is 0 Å². The summed E-state index contributed by atoms with van der Waals surface area (Å²) in [6.07, 6.45) is 0.0420. The van der Waals surface area contributed by atoms with Gasteiger partial charge in [0.05, 0.1) is 19.6 Å². The highest BCUT2D eigenvalue weighted by Gasteiger charge is 2.39. The van der Waals surface area contributed by atoms with Crippen LogP contribution in [0.15, 0.2) is 0 Å². The number of rotatable bonds is 6. The molecule has 0 aliphatic carbocycles. The number of carbonyl (C=O) groups is 2. The first-order valence-corrected chi connectivity index (χ1v) is 9.14. The molecule has 0 aromatic heterocycles. The van der Waals surface area contributed by atoms with Crippen LogP contribution in [-0.4, -0.2) is 33.3 Å². The molecule has 0 fully saturated rings. The van der Waals surface area contributed by atoms with E-state index in [1.54, 1.807) is 0 Å². The fourth-order valence-electron chi connectivity index (χ4n) is 1.34. The lowest BCUT2D eigenvalue weighted by molar-refractivity contribution is -0.142. The Morgan fingerprint density at radius 1 is 1.17 bits per heavy atom. The third-order valence-corrected chi connectivity index (χ3v) is 7.94. The van der Waals surface area contributed by atoms with Gasteiger partial charge in [0.15, 0.2) is 8.32 Å². The molecule has 1 unspecified atom stereocenters. The minimum Gasteiger partial charge on any atom is -0.469 e. The first kappa shape index (κ1) is 17.3. The van der Waals surface area contributed by atoms with E-state index in [-0.39, 0.29) is 35.7 Å². The number of Topliss-reactive ketones (excluding diaryl/α,β-unsaturated/α-hetero) is 1. The Labute approximate surface area is 111 Å². The van der Waals surface area contributed by atoms with Crippen LogP contribution in [-0.2, 0) is 18.8 Å². The molecule has 0 saturated heterocycles. The van der Waals surface area contributed by atoms with E-state index in [2.05, 4.69) is 38.6 Å². The van der Waals surface area contributed by atoms with Crippen LogP contribution in [0.3, 0.4) is 0 Å². The lowest BCUT2D eigenvalue weighted by Gasteiger charge is -2.39. The quantitative estimate of drug-likeness (QED) is 0.552. The second-order valence-electron chi connectivity index (χ2n) is 6.19. The van der Waals surface area contributed by atoms with Crippen LogP contribution in [0.1, 0.15) is 40.5 Å². The van der Waals surface area contributed by atoms with E-state index in [1.165, 1.54) is 14.0 Å². The summed E-state index contributed by atoms with van der Waals surface area (Å²) in [6.45, 7) is 12.1. The van der Waals surface area contributed by atoms with Crippen molar-refractivity contribution in [2.24, 2.45) is 0 Å². The highest BCUT2D eigenvalue weighted by molar-refractivity contribution is 6.74. The number of esters is 1. The minimum absolute atomic E-state index is 0.0302. The van der Waals surface area contributed by atoms with Gasteiger partial charge in [0.25, 0.3) is 0 Å². The maximum Gasteiger partial charge on any atom is 0.308 e. The van der Waals surface area contributed by atoms with Crippen LogP contribution in [0.2, 0.25) is 18.1 Å². The smallest absolute Gasteiger partial charge is 0.308 e. The summed E-state index contributed by atoms with van der Waals surface area (Å²) >= 11 is 0. The van der Waals surface area contributed by atoms with Crippen molar-refractivity contribution in [3.8, 4) is 0 Å². The first-order chi connectivity index (χ1) is 7.99. The van der Waals surface area contributed by atoms with E-state index in [1.807, 2.05) is 0 Å². The molecule has 0 aromatic rings. The lowest BCUT2D eigenvalue weighted by atomic mass is 10.1. The Morgan fingerprint density at radius 3 is 2.00 bits per heavy atom. The van der Waals surface area contributed by atoms with Crippen molar-refractivity contribution in [2.45, 2.75) is 64.8 Å². The molecule has 0 spiro atoms. The zero-order valence-electron chi connectivity index (χ0n) is 12.6. The maximum absolute atomic E-state index is 11.3. The van der Waals surface area contributed by atoms with Crippen LogP contribution < -0.4 is 0 Å². The van der Waals surface area contributed by atoms with Crippen molar-refractivity contribution in [3.63, 3.8) is 0 Å². The van der Waals surface area contributed by atoms with E-state index >= 15 is 0 Å². The number of hydrogen-bond acceptors (Lipinski definition) is 4. The molecular formula is C13H26O4Si. The molecule has 18 heavy (non-hydrogen) atoms. The van der Waals surface area contributed by atoms with E-state index in [0.717, 1.165) is 0 Å². The number of ketones is 1. The van der Waals surface area contributed by atoms with Gasteiger partial charge in [-0.15, -0.1) is 0 Å². The average molecular weight is 274 g/mol. The molecule has 0 aromatic carbocycles. The summed E-state index contributed by atoms with van der Waals surface area (Å²) in [5, 5.41) is 0.0537. The molecule has 0 amide bonds. The Hall–Kier alpha value is -0.683. The fraction of sp³-hybridized carbons (Fsp3) is 0.846. The van der Waals surface area contributed by atoms with Gasteiger partial charge in [-0.3, -0.25) is 9.59 Å². The predicted octanol–water partition coefficient (Wildman–Crippen LogP) is 2.92. The van der Waals surface area contributed by atoms with Crippen molar-refractivity contribution in [3.05, 3.63) is 0 Å². The van der Waals surface area contributed by atoms with Crippen molar-refractivity contribution in [1.29, 1.82) is 0 Å². The third kappa shape index (κ3) is 5.77. The average Bonchev–Trinajstić information content (AvgIpc) is 2.13. The Kier molecular flexibility index (Phi) is 6.23. The van der Waals surface area contributed by atoms with Crippen LogP contribution in [0, 0.1) is 0 Å². The van der Waals surface area contributed by atoms with Gasteiger partial charge in [-0.25, -0.2) is 0 Å². The molecule has 4 nitrogen and oxygen atoms in total. The molecule has 5 heteroatoms. The molecule has 0 aliphatic heterocycles. The standard InChI is InChI=1S/C13H26O4Si/c1-10(14)8-11(9-12(15)16-5)17-18(6,7)13(2,3)4/h11H,8-9H2,1-7H3. The monoisotopic (exact) mass is 274 g/mol.